The number of nitrogens with zero attached hydrogens (tertiary/aromatic N) is 4. The highest BCUT2D eigenvalue weighted by molar-refractivity contribution is 7.91. The van der Waals surface area contributed by atoms with E-state index < -0.39 is 9.84 Å². The summed E-state index contributed by atoms with van der Waals surface area (Å²) in [6.45, 7) is 2.25. The van der Waals surface area contributed by atoms with Gasteiger partial charge in [0.25, 0.3) is 0 Å². The molecule has 202 valence electrons. The van der Waals surface area contributed by atoms with Crippen LogP contribution in [0.5, 0.6) is 5.75 Å². The molecule has 0 amide bonds. The molecule has 0 unspecified atom stereocenters. The van der Waals surface area contributed by atoms with Crippen LogP contribution in [0.25, 0.3) is 22.2 Å². The number of anilines is 1. The lowest BCUT2D eigenvalue weighted by Gasteiger charge is -2.40. The Labute approximate surface area is 228 Å². The van der Waals surface area contributed by atoms with Gasteiger partial charge in [0.05, 0.1) is 16.9 Å². The van der Waals surface area contributed by atoms with Crippen molar-refractivity contribution in [1.82, 2.24) is 19.4 Å². The average molecular weight is 544 g/mol. The van der Waals surface area contributed by atoms with Crippen LogP contribution in [-0.2, 0) is 16.3 Å². The Bertz CT molecular complexity index is 1620. The van der Waals surface area contributed by atoms with E-state index in [0.717, 1.165) is 60.1 Å². The van der Waals surface area contributed by atoms with Crippen molar-refractivity contribution in [2.45, 2.75) is 37.8 Å². The van der Waals surface area contributed by atoms with Crippen LogP contribution < -0.4 is 10.5 Å². The first-order valence-corrected chi connectivity index (χ1v) is 15.6. The summed E-state index contributed by atoms with van der Waals surface area (Å²) in [4.78, 5) is 11.3. The molecule has 0 radical (unpaired) electrons. The summed E-state index contributed by atoms with van der Waals surface area (Å²) in [5.74, 6) is 2.53. The van der Waals surface area contributed by atoms with Gasteiger partial charge in [-0.2, -0.15) is 0 Å². The number of aryl methyl sites for hydroxylation is 1. The molecule has 1 aliphatic carbocycles. The van der Waals surface area contributed by atoms with Gasteiger partial charge in [-0.15, -0.1) is 0 Å². The largest absolute Gasteiger partial charge is 0.485 e. The maximum absolute atomic E-state index is 11.8. The molecule has 9 heteroatoms. The molecule has 2 aromatic heterocycles. The molecule has 2 fully saturated rings. The molecular weight excluding hydrogens is 510 g/mol. The summed E-state index contributed by atoms with van der Waals surface area (Å²) in [5.41, 5.74) is 11.8. The molecular formula is C30H33N5O3S. The fourth-order valence-corrected chi connectivity index (χ4v) is 7.70. The summed E-state index contributed by atoms with van der Waals surface area (Å²) < 4.78 is 32.3. The van der Waals surface area contributed by atoms with E-state index in [1.807, 2.05) is 6.07 Å². The Kier molecular flexibility index (Phi) is 6.08. The van der Waals surface area contributed by atoms with Crippen molar-refractivity contribution >= 4 is 26.7 Å². The van der Waals surface area contributed by atoms with Crippen molar-refractivity contribution in [3.05, 3.63) is 72.2 Å². The topological polar surface area (TPSA) is 103 Å². The third kappa shape index (κ3) is 4.67. The molecule has 7 rings (SSSR count). The molecule has 39 heavy (non-hydrogen) atoms. The maximum Gasteiger partial charge on any atom is 0.152 e. The van der Waals surface area contributed by atoms with E-state index in [9.17, 15) is 8.42 Å². The number of rotatable bonds is 5. The summed E-state index contributed by atoms with van der Waals surface area (Å²) >= 11 is 0. The smallest absolute Gasteiger partial charge is 0.152 e. The first kappa shape index (κ1) is 24.6. The molecule has 1 atom stereocenters. The molecule has 4 heterocycles. The van der Waals surface area contributed by atoms with Gasteiger partial charge in [-0.05, 0) is 54.4 Å². The van der Waals surface area contributed by atoms with Gasteiger partial charge in [0.15, 0.2) is 9.84 Å². The Morgan fingerprint density at radius 3 is 2.62 bits per heavy atom. The van der Waals surface area contributed by atoms with Gasteiger partial charge < -0.3 is 19.9 Å². The number of hydrogen-bond acceptors (Lipinski definition) is 7. The zero-order chi connectivity index (χ0) is 26.6. The minimum absolute atomic E-state index is 0.0515. The number of nitrogen functional groups attached to an aromatic ring is 1. The number of ether oxygens (including phenoxy) is 1. The lowest BCUT2D eigenvalue weighted by atomic mass is 9.79. The standard InChI is InChI=1S/C30H33N5O3S/c31-29-28-25(23-7-6-22-8-9-26(38-27(22)16-23)21-4-2-1-3-5-21)18-35(30(28)33-19-32-29)24-14-20(15-24)17-34-10-12-39(36,37)13-11-34/h1-7,16,18-20,24,26H,8-15,17H2,(H2,31,32,33)/t20-,24+,26-/m1/s1. The SMILES string of the molecule is Nc1ncnc2c1c(-c1ccc3c(c1)O[C@@H](c1ccccc1)CC3)cn2[C@H]1C[C@@H](CN2CCS(=O)(=O)CC2)C1. The molecule has 3 aliphatic rings. The molecule has 1 saturated heterocycles. The second-order valence-electron chi connectivity index (χ2n) is 11.2. The van der Waals surface area contributed by atoms with Gasteiger partial charge in [-0.1, -0.05) is 42.5 Å². The van der Waals surface area contributed by atoms with Gasteiger partial charge in [0.2, 0.25) is 0 Å². The summed E-state index contributed by atoms with van der Waals surface area (Å²) in [5, 5.41) is 0.887. The van der Waals surface area contributed by atoms with E-state index in [2.05, 4.69) is 68.1 Å². The molecule has 8 nitrogen and oxygen atoms in total. The minimum atomic E-state index is -2.85. The molecule has 2 aromatic carbocycles. The van der Waals surface area contributed by atoms with Crippen LogP contribution in [0.4, 0.5) is 5.82 Å². The van der Waals surface area contributed by atoms with E-state index >= 15 is 0 Å². The maximum atomic E-state index is 11.8. The molecule has 0 spiro atoms. The molecule has 0 bridgehead atoms. The summed E-state index contributed by atoms with van der Waals surface area (Å²) in [6, 6.07) is 17.2. The quantitative estimate of drug-likeness (QED) is 0.397. The van der Waals surface area contributed by atoms with Crippen LogP contribution in [0.3, 0.4) is 0 Å². The van der Waals surface area contributed by atoms with Gasteiger partial charge in [0.1, 0.15) is 29.6 Å². The van der Waals surface area contributed by atoms with Crippen LogP contribution in [0, 0.1) is 5.92 Å². The third-order valence-electron chi connectivity index (χ3n) is 8.69. The lowest BCUT2D eigenvalue weighted by molar-refractivity contribution is 0.136. The number of sulfone groups is 1. The highest BCUT2D eigenvalue weighted by Gasteiger charge is 2.35. The molecule has 2 N–H and O–H groups in total. The van der Waals surface area contributed by atoms with Gasteiger partial charge in [-0.25, -0.2) is 18.4 Å². The van der Waals surface area contributed by atoms with Gasteiger partial charge >= 0.3 is 0 Å². The summed E-state index contributed by atoms with van der Waals surface area (Å²) in [7, 11) is -2.85. The Hall–Kier alpha value is -3.43. The van der Waals surface area contributed by atoms with E-state index in [-0.39, 0.29) is 17.6 Å². The normalized spacial score (nSPS) is 24.6. The zero-order valence-electron chi connectivity index (χ0n) is 21.9. The van der Waals surface area contributed by atoms with E-state index in [1.54, 1.807) is 6.33 Å². The van der Waals surface area contributed by atoms with E-state index in [0.29, 0.717) is 30.9 Å². The van der Waals surface area contributed by atoms with Gasteiger partial charge in [-0.3, -0.25) is 0 Å². The van der Waals surface area contributed by atoms with E-state index in [1.165, 1.54) is 11.1 Å². The van der Waals surface area contributed by atoms with Crippen molar-refractivity contribution in [1.29, 1.82) is 0 Å². The van der Waals surface area contributed by atoms with Crippen molar-refractivity contribution in [3.8, 4) is 16.9 Å². The first-order valence-electron chi connectivity index (χ1n) is 13.8. The molecule has 1 saturated carbocycles. The second-order valence-corrected chi connectivity index (χ2v) is 13.5. The van der Waals surface area contributed by atoms with Crippen molar-refractivity contribution < 1.29 is 13.2 Å². The number of nitrogens with two attached hydrogens (primary N) is 1. The number of fused-ring (bicyclic) bond motifs is 2. The lowest BCUT2D eigenvalue weighted by Crippen LogP contribution is -2.44. The Balaban J connectivity index is 1.14. The molecule has 4 aromatic rings. The fourth-order valence-electron chi connectivity index (χ4n) is 6.42. The van der Waals surface area contributed by atoms with Crippen LogP contribution in [0.2, 0.25) is 0 Å². The fraction of sp³-hybridized carbons (Fsp3) is 0.400. The van der Waals surface area contributed by atoms with E-state index in [4.69, 9.17) is 10.5 Å². The second kappa shape index (κ2) is 9.64. The van der Waals surface area contributed by atoms with Gasteiger partial charge in [0, 0.05) is 37.4 Å². The number of hydrogen-bond donors (Lipinski definition) is 1. The minimum Gasteiger partial charge on any atom is -0.485 e. The van der Waals surface area contributed by atoms with Crippen LogP contribution in [0.15, 0.2) is 61.1 Å². The van der Waals surface area contributed by atoms with Crippen molar-refractivity contribution in [3.63, 3.8) is 0 Å². The number of aromatic nitrogens is 3. The highest BCUT2D eigenvalue weighted by atomic mass is 32.2. The van der Waals surface area contributed by atoms with Crippen LogP contribution in [0.1, 0.15) is 42.5 Å². The predicted molar refractivity (Wildman–Crippen MR) is 152 cm³/mol. The number of benzene rings is 2. The summed E-state index contributed by atoms with van der Waals surface area (Å²) in [6.07, 6.45) is 7.81. The zero-order valence-corrected chi connectivity index (χ0v) is 22.7. The van der Waals surface area contributed by atoms with Crippen molar-refractivity contribution in [2.24, 2.45) is 5.92 Å². The third-order valence-corrected chi connectivity index (χ3v) is 10.3. The Morgan fingerprint density at radius 1 is 1.03 bits per heavy atom. The highest BCUT2D eigenvalue weighted by Crippen LogP contribution is 2.44. The monoisotopic (exact) mass is 543 g/mol. The predicted octanol–water partition coefficient (Wildman–Crippen LogP) is 4.43. The average Bonchev–Trinajstić information content (AvgIpc) is 3.31. The first-order chi connectivity index (χ1) is 18.9. The Morgan fingerprint density at radius 2 is 1.82 bits per heavy atom. The van der Waals surface area contributed by atoms with Crippen LogP contribution in [-0.4, -0.2) is 59.0 Å². The van der Waals surface area contributed by atoms with Crippen LogP contribution >= 0.6 is 0 Å². The van der Waals surface area contributed by atoms with Crippen molar-refractivity contribution in [2.75, 3.05) is 36.9 Å². The molecule has 2 aliphatic heterocycles.